The van der Waals surface area contributed by atoms with Crippen molar-refractivity contribution in [2.24, 2.45) is 0 Å². The molecule has 0 radical (unpaired) electrons. The third-order valence-corrected chi connectivity index (χ3v) is 2.17. The van der Waals surface area contributed by atoms with Crippen molar-refractivity contribution >= 4 is 6.09 Å². The lowest BCUT2D eigenvalue weighted by atomic mass is 10.1. The zero-order chi connectivity index (χ0) is 12.4. The van der Waals surface area contributed by atoms with Crippen LogP contribution in [0.5, 0.6) is 0 Å². The van der Waals surface area contributed by atoms with Gasteiger partial charge in [-0.05, 0) is 20.3 Å². The predicted molar refractivity (Wildman–Crippen MR) is 59.9 cm³/mol. The number of nitrogens with one attached hydrogen (secondary N) is 1. The molecule has 0 aliphatic heterocycles. The molecule has 0 fully saturated rings. The normalized spacial score (nSPS) is 10.6. The largest absolute Gasteiger partial charge is 0.447 e. The molecular formula is C11H20N2O3. The molecular weight excluding hydrogens is 208 g/mol. The number of nitrogens with zero attached hydrogens (tertiary/aromatic N) is 1. The molecule has 5 heteroatoms. The average molecular weight is 228 g/mol. The maximum Gasteiger partial charge on any atom is 0.407 e. The van der Waals surface area contributed by atoms with Crippen LogP contribution in [0.2, 0.25) is 0 Å². The first-order valence-corrected chi connectivity index (χ1v) is 5.43. The monoisotopic (exact) mass is 228 g/mol. The molecule has 0 aromatic carbocycles. The maximum absolute atomic E-state index is 11.0. The summed E-state index contributed by atoms with van der Waals surface area (Å²) in [6, 6.07) is 1.92. The van der Waals surface area contributed by atoms with Crippen LogP contribution in [-0.2, 0) is 9.47 Å². The summed E-state index contributed by atoms with van der Waals surface area (Å²) in [4.78, 5) is 11.0. The molecule has 1 amide bonds. The molecule has 0 bridgehead atoms. The number of carbonyl (C=O) groups is 1. The van der Waals surface area contributed by atoms with Crippen molar-refractivity contribution in [1.29, 1.82) is 5.26 Å². The van der Waals surface area contributed by atoms with Gasteiger partial charge in [0, 0.05) is 6.54 Å². The lowest BCUT2D eigenvalue weighted by Gasteiger charge is -2.23. The number of nitriles is 1. The minimum Gasteiger partial charge on any atom is -0.447 e. The maximum atomic E-state index is 11.0. The average Bonchev–Trinajstić information content (AvgIpc) is 2.25. The van der Waals surface area contributed by atoms with Gasteiger partial charge in [-0.25, -0.2) is 4.79 Å². The summed E-state index contributed by atoms with van der Waals surface area (Å²) in [5, 5.41) is 10.7. The highest BCUT2D eigenvalue weighted by Gasteiger charge is 2.14. The Morgan fingerprint density at radius 1 is 1.44 bits per heavy atom. The summed E-state index contributed by atoms with van der Waals surface area (Å²) in [5.74, 6) is 0. The Kier molecular flexibility index (Phi) is 7.31. The molecule has 0 aliphatic rings. The van der Waals surface area contributed by atoms with Gasteiger partial charge in [-0.3, -0.25) is 0 Å². The Morgan fingerprint density at radius 3 is 2.69 bits per heavy atom. The predicted octanol–water partition coefficient (Wildman–Crippen LogP) is 1.83. The van der Waals surface area contributed by atoms with E-state index in [1.54, 1.807) is 0 Å². The van der Waals surface area contributed by atoms with Crippen LogP contribution < -0.4 is 5.32 Å². The molecule has 0 aromatic heterocycles. The number of hydrogen-bond donors (Lipinski definition) is 1. The number of rotatable bonds is 7. The van der Waals surface area contributed by atoms with E-state index in [0.717, 1.165) is 6.42 Å². The second-order valence-electron chi connectivity index (χ2n) is 3.93. The first kappa shape index (κ1) is 14.7. The van der Waals surface area contributed by atoms with E-state index < -0.39 is 6.09 Å². The number of carbonyl (C=O) groups excluding carboxylic acids is 1. The molecule has 0 aliphatic carbocycles. The van der Waals surface area contributed by atoms with Gasteiger partial charge in [0.25, 0.3) is 0 Å². The first-order chi connectivity index (χ1) is 7.52. The molecule has 0 rings (SSSR count). The van der Waals surface area contributed by atoms with Gasteiger partial charge >= 0.3 is 6.09 Å². The molecule has 0 spiro atoms. The van der Waals surface area contributed by atoms with E-state index in [-0.39, 0.29) is 18.6 Å². The second kappa shape index (κ2) is 7.94. The molecule has 0 unspecified atom stereocenters. The van der Waals surface area contributed by atoms with Crippen molar-refractivity contribution in [3.8, 4) is 6.07 Å². The van der Waals surface area contributed by atoms with Crippen LogP contribution in [-0.4, -0.2) is 31.5 Å². The SMILES string of the molecule is CCC(C)(C)OCCOC(=O)NCCC#N. The van der Waals surface area contributed by atoms with Crippen LogP contribution in [0, 0.1) is 11.3 Å². The minimum absolute atomic E-state index is 0.180. The smallest absolute Gasteiger partial charge is 0.407 e. The highest BCUT2D eigenvalue weighted by atomic mass is 16.6. The fourth-order valence-electron chi connectivity index (χ4n) is 0.826. The fourth-order valence-corrected chi connectivity index (χ4v) is 0.826. The van der Waals surface area contributed by atoms with Gasteiger partial charge in [-0.1, -0.05) is 6.92 Å². The molecule has 0 saturated heterocycles. The number of hydrogen-bond acceptors (Lipinski definition) is 4. The van der Waals surface area contributed by atoms with Gasteiger partial charge in [0.2, 0.25) is 0 Å². The van der Waals surface area contributed by atoms with Gasteiger partial charge in [0.15, 0.2) is 0 Å². The summed E-state index contributed by atoms with van der Waals surface area (Å²) in [6.45, 7) is 6.93. The number of amides is 1. The van der Waals surface area contributed by atoms with Gasteiger partial charge in [0.1, 0.15) is 6.61 Å². The third-order valence-electron chi connectivity index (χ3n) is 2.17. The molecule has 5 nitrogen and oxygen atoms in total. The summed E-state index contributed by atoms with van der Waals surface area (Å²) in [7, 11) is 0. The van der Waals surface area contributed by atoms with Crippen LogP contribution in [0.4, 0.5) is 4.79 Å². The quantitative estimate of drug-likeness (QED) is 0.675. The second-order valence-corrected chi connectivity index (χ2v) is 3.93. The Labute approximate surface area is 96.7 Å². The Bertz CT molecular complexity index is 246. The fraction of sp³-hybridized carbons (Fsp3) is 0.818. The first-order valence-electron chi connectivity index (χ1n) is 5.43. The van der Waals surface area contributed by atoms with Gasteiger partial charge in [-0.15, -0.1) is 0 Å². The van der Waals surface area contributed by atoms with E-state index in [2.05, 4.69) is 5.32 Å². The highest BCUT2D eigenvalue weighted by molar-refractivity contribution is 5.67. The Hall–Kier alpha value is -1.28. The van der Waals surface area contributed by atoms with Crippen LogP contribution in [0.25, 0.3) is 0 Å². The summed E-state index contributed by atoms with van der Waals surface area (Å²) >= 11 is 0. The number of alkyl carbamates (subject to hydrolysis) is 1. The van der Waals surface area contributed by atoms with E-state index >= 15 is 0 Å². The molecule has 0 atom stereocenters. The zero-order valence-corrected chi connectivity index (χ0v) is 10.2. The van der Waals surface area contributed by atoms with E-state index in [0.29, 0.717) is 13.2 Å². The van der Waals surface area contributed by atoms with Gasteiger partial charge in [0.05, 0.1) is 24.7 Å². The molecule has 92 valence electrons. The van der Waals surface area contributed by atoms with Crippen molar-refractivity contribution in [3.63, 3.8) is 0 Å². The standard InChI is InChI=1S/C11H20N2O3/c1-4-11(2,3)16-9-8-15-10(14)13-7-5-6-12/h4-5,7-9H2,1-3H3,(H,13,14). The summed E-state index contributed by atoms with van der Waals surface area (Å²) in [5.41, 5.74) is -0.180. The van der Waals surface area contributed by atoms with E-state index in [1.165, 1.54) is 0 Å². The van der Waals surface area contributed by atoms with E-state index in [1.807, 2.05) is 26.8 Å². The molecule has 0 heterocycles. The van der Waals surface area contributed by atoms with Crippen molar-refractivity contribution in [2.45, 2.75) is 39.2 Å². The van der Waals surface area contributed by atoms with E-state index in [4.69, 9.17) is 14.7 Å². The van der Waals surface area contributed by atoms with Crippen molar-refractivity contribution in [3.05, 3.63) is 0 Å². The van der Waals surface area contributed by atoms with Crippen LogP contribution in [0.15, 0.2) is 0 Å². The van der Waals surface area contributed by atoms with Crippen molar-refractivity contribution in [1.82, 2.24) is 5.32 Å². The van der Waals surface area contributed by atoms with Crippen molar-refractivity contribution < 1.29 is 14.3 Å². The Morgan fingerprint density at radius 2 is 2.12 bits per heavy atom. The summed E-state index contributed by atoms with van der Waals surface area (Å²) in [6.07, 6.45) is 0.684. The minimum atomic E-state index is -0.506. The van der Waals surface area contributed by atoms with Gasteiger partial charge in [-0.2, -0.15) is 5.26 Å². The van der Waals surface area contributed by atoms with Crippen LogP contribution in [0.3, 0.4) is 0 Å². The molecule has 16 heavy (non-hydrogen) atoms. The lowest BCUT2D eigenvalue weighted by molar-refractivity contribution is -0.0373. The lowest BCUT2D eigenvalue weighted by Crippen LogP contribution is -2.29. The number of ether oxygens (including phenoxy) is 2. The van der Waals surface area contributed by atoms with Crippen LogP contribution in [0.1, 0.15) is 33.6 Å². The molecule has 1 N–H and O–H groups in total. The zero-order valence-electron chi connectivity index (χ0n) is 10.2. The highest BCUT2D eigenvalue weighted by Crippen LogP contribution is 2.12. The van der Waals surface area contributed by atoms with Crippen molar-refractivity contribution in [2.75, 3.05) is 19.8 Å². The molecule has 0 saturated carbocycles. The van der Waals surface area contributed by atoms with Crippen LogP contribution >= 0.6 is 0 Å². The van der Waals surface area contributed by atoms with Gasteiger partial charge < -0.3 is 14.8 Å². The summed E-state index contributed by atoms with van der Waals surface area (Å²) < 4.78 is 10.3. The topological polar surface area (TPSA) is 71.3 Å². The third kappa shape index (κ3) is 8.06. The van der Waals surface area contributed by atoms with E-state index in [9.17, 15) is 4.79 Å². The Balaban J connectivity index is 3.45. The molecule has 0 aromatic rings.